The van der Waals surface area contributed by atoms with Crippen LogP contribution in [0.25, 0.3) is 0 Å². The van der Waals surface area contributed by atoms with Crippen molar-refractivity contribution < 1.29 is 4.79 Å². The highest BCUT2D eigenvalue weighted by molar-refractivity contribution is 7.80. The maximum Gasteiger partial charge on any atom is 0.257 e. The molecule has 2 aromatic rings. The molecule has 1 amide bonds. The Labute approximate surface area is 124 Å². The Morgan fingerprint density at radius 3 is 2.35 bits per heavy atom. The van der Waals surface area contributed by atoms with E-state index in [1.165, 1.54) is 0 Å². The van der Waals surface area contributed by atoms with Gasteiger partial charge in [0, 0.05) is 11.3 Å². The Morgan fingerprint density at radius 1 is 1.00 bits per heavy atom. The molecule has 0 unspecified atom stereocenters. The second-order valence-corrected chi connectivity index (χ2v) is 5.05. The lowest BCUT2D eigenvalue weighted by Crippen LogP contribution is -2.34. The Kier molecular flexibility index (Phi) is 4.48. The van der Waals surface area contributed by atoms with Gasteiger partial charge in [0.05, 0.1) is 0 Å². The normalized spacial score (nSPS) is 9.90. The molecule has 2 aromatic carbocycles. The van der Waals surface area contributed by atoms with E-state index in [1.807, 2.05) is 50.2 Å². The minimum atomic E-state index is -0.213. The summed E-state index contributed by atoms with van der Waals surface area (Å²) < 4.78 is 0. The van der Waals surface area contributed by atoms with Crippen molar-refractivity contribution in [2.75, 3.05) is 5.32 Å². The van der Waals surface area contributed by atoms with Crippen LogP contribution in [0, 0.1) is 13.8 Å². The SMILES string of the molecule is Cc1ccc(C(=O)NC(=S)Nc2cccc(C)c2)cc1. The molecule has 0 atom stereocenters. The fourth-order valence-electron chi connectivity index (χ4n) is 1.77. The Morgan fingerprint density at radius 2 is 1.70 bits per heavy atom. The summed E-state index contributed by atoms with van der Waals surface area (Å²) in [5.74, 6) is -0.213. The first-order chi connectivity index (χ1) is 9.54. The van der Waals surface area contributed by atoms with Gasteiger partial charge in [-0.2, -0.15) is 0 Å². The first-order valence-electron chi connectivity index (χ1n) is 6.30. The highest BCUT2D eigenvalue weighted by Gasteiger charge is 2.07. The van der Waals surface area contributed by atoms with Crippen LogP contribution in [0.5, 0.6) is 0 Å². The molecule has 0 aromatic heterocycles. The van der Waals surface area contributed by atoms with Gasteiger partial charge in [0.15, 0.2) is 5.11 Å². The number of carbonyl (C=O) groups excluding carboxylic acids is 1. The topological polar surface area (TPSA) is 41.1 Å². The van der Waals surface area contributed by atoms with Crippen LogP contribution < -0.4 is 10.6 Å². The number of rotatable bonds is 2. The van der Waals surface area contributed by atoms with Gasteiger partial charge in [0.1, 0.15) is 0 Å². The van der Waals surface area contributed by atoms with E-state index in [0.717, 1.165) is 16.8 Å². The molecule has 0 heterocycles. The molecule has 2 N–H and O–H groups in total. The summed E-state index contributed by atoms with van der Waals surface area (Å²) in [4.78, 5) is 12.0. The maximum absolute atomic E-state index is 12.0. The highest BCUT2D eigenvalue weighted by atomic mass is 32.1. The molecular weight excluding hydrogens is 268 g/mol. The third-order valence-electron chi connectivity index (χ3n) is 2.82. The predicted octanol–water partition coefficient (Wildman–Crippen LogP) is 3.43. The molecule has 4 heteroatoms. The minimum absolute atomic E-state index is 0.213. The van der Waals surface area contributed by atoms with Crippen LogP contribution in [0.3, 0.4) is 0 Å². The van der Waals surface area contributed by atoms with Gasteiger partial charge >= 0.3 is 0 Å². The van der Waals surface area contributed by atoms with Gasteiger partial charge in [-0.3, -0.25) is 10.1 Å². The summed E-state index contributed by atoms with van der Waals surface area (Å²) in [6.07, 6.45) is 0. The summed E-state index contributed by atoms with van der Waals surface area (Å²) in [5, 5.41) is 5.95. The van der Waals surface area contributed by atoms with Crippen LogP contribution in [-0.4, -0.2) is 11.0 Å². The van der Waals surface area contributed by atoms with Crippen molar-refractivity contribution in [3.05, 3.63) is 65.2 Å². The Balaban J connectivity index is 1.97. The molecule has 2 rings (SSSR count). The molecule has 0 aliphatic heterocycles. The molecule has 0 bridgehead atoms. The van der Waals surface area contributed by atoms with Crippen molar-refractivity contribution in [2.45, 2.75) is 13.8 Å². The lowest BCUT2D eigenvalue weighted by atomic mass is 10.1. The number of aryl methyl sites for hydroxylation is 2. The summed E-state index contributed by atoms with van der Waals surface area (Å²) in [6, 6.07) is 15.1. The average Bonchev–Trinajstić information content (AvgIpc) is 2.39. The number of anilines is 1. The van der Waals surface area contributed by atoms with Gasteiger partial charge in [0.25, 0.3) is 5.91 Å². The summed E-state index contributed by atoms with van der Waals surface area (Å²) in [7, 11) is 0. The number of hydrogen-bond donors (Lipinski definition) is 2. The van der Waals surface area contributed by atoms with Gasteiger partial charge in [0.2, 0.25) is 0 Å². The number of carbonyl (C=O) groups is 1. The quantitative estimate of drug-likeness (QED) is 0.830. The predicted molar refractivity (Wildman–Crippen MR) is 86.0 cm³/mol. The third-order valence-corrected chi connectivity index (χ3v) is 3.02. The van der Waals surface area contributed by atoms with Gasteiger partial charge in [-0.1, -0.05) is 29.8 Å². The van der Waals surface area contributed by atoms with Crippen molar-refractivity contribution in [3.63, 3.8) is 0 Å². The lowest BCUT2D eigenvalue weighted by Gasteiger charge is -2.10. The van der Waals surface area contributed by atoms with Crippen molar-refractivity contribution in [3.8, 4) is 0 Å². The Hall–Kier alpha value is -2.20. The van der Waals surface area contributed by atoms with E-state index in [1.54, 1.807) is 12.1 Å². The number of amides is 1. The molecule has 0 spiro atoms. The fraction of sp³-hybridized carbons (Fsp3) is 0.125. The summed E-state index contributed by atoms with van der Waals surface area (Å²) in [6.45, 7) is 3.98. The van der Waals surface area contributed by atoms with Gasteiger partial charge in [-0.15, -0.1) is 0 Å². The zero-order chi connectivity index (χ0) is 14.5. The average molecular weight is 284 g/mol. The van der Waals surface area contributed by atoms with E-state index in [0.29, 0.717) is 10.7 Å². The molecule has 0 aliphatic carbocycles. The van der Waals surface area contributed by atoms with Gasteiger partial charge in [-0.05, 0) is 55.9 Å². The van der Waals surface area contributed by atoms with E-state index in [-0.39, 0.29) is 5.91 Å². The monoisotopic (exact) mass is 284 g/mol. The van der Waals surface area contributed by atoms with E-state index in [9.17, 15) is 4.79 Å². The maximum atomic E-state index is 12.0. The van der Waals surface area contributed by atoms with Crippen LogP contribution >= 0.6 is 12.2 Å². The molecule has 0 saturated carbocycles. The van der Waals surface area contributed by atoms with E-state index in [4.69, 9.17) is 12.2 Å². The first kappa shape index (κ1) is 14.2. The molecular formula is C16H16N2OS. The number of thiocarbonyl (C=S) groups is 1. The molecule has 0 saturated heterocycles. The molecule has 0 aliphatic rings. The Bertz CT molecular complexity index is 635. The van der Waals surface area contributed by atoms with Gasteiger partial charge < -0.3 is 5.32 Å². The van der Waals surface area contributed by atoms with E-state index >= 15 is 0 Å². The number of nitrogens with one attached hydrogen (secondary N) is 2. The number of benzene rings is 2. The van der Waals surface area contributed by atoms with Crippen LogP contribution in [0.2, 0.25) is 0 Å². The highest BCUT2D eigenvalue weighted by Crippen LogP contribution is 2.09. The third kappa shape index (κ3) is 3.90. The van der Waals surface area contributed by atoms with Crippen LogP contribution in [-0.2, 0) is 0 Å². The van der Waals surface area contributed by atoms with Crippen LogP contribution in [0.1, 0.15) is 21.5 Å². The molecule has 20 heavy (non-hydrogen) atoms. The molecule has 3 nitrogen and oxygen atoms in total. The van der Waals surface area contributed by atoms with Crippen molar-refractivity contribution >= 4 is 28.9 Å². The standard InChI is InChI=1S/C16H16N2OS/c1-11-6-8-13(9-7-11)15(19)18-16(20)17-14-5-3-4-12(2)10-14/h3-10H,1-2H3,(H2,17,18,19,20). The van der Waals surface area contributed by atoms with Crippen molar-refractivity contribution in [1.82, 2.24) is 5.32 Å². The summed E-state index contributed by atoms with van der Waals surface area (Å²) in [5.41, 5.74) is 3.69. The molecule has 0 fully saturated rings. The van der Waals surface area contributed by atoms with E-state index in [2.05, 4.69) is 10.6 Å². The zero-order valence-corrected chi connectivity index (χ0v) is 12.3. The fourth-order valence-corrected chi connectivity index (χ4v) is 1.98. The number of hydrogen-bond acceptors (Lipinski definition) is 2. The van der Waals surface area contributed by atoms with Crippen molar-refractivity contribution in [1.29, 1.82) is 0 Å². The van der Waals surface area contributed by atoms with Crippen molar-refractivity contribution in [2.24, 2.45) is 0 Å². The lowest BCUT2D eigenvalue weighted by molar-refractivity contribution is 0.0978. The zero-order valence-electron chi connectivity index (χ0n) is 11.4. The van der Waals surface area contributed by atoms with E-state index < -0.39 is 0 Å². The second kappa shape index (κ2) is 6.30. The second-order valence-electron chi connectivity index (χ2n) is 4.64. The first-order valence-corrected chi connectivity index (χ1v) is 6.71. The summed E-state index contributed by atoms with van der Waals surface area (Å²) >= 11 is 5.14. The smallest absolute Gasteiger partial charge is 0.257 e. The van der Waals surface area contributed by atoms with Crippen LogP contribution in [0.4, 0.5) is 5.69 Å². The largest absolute Gasteiger partial charge is 0.332 e. The molecule has 0 radical (unpaired) electrons. The molecule has 102 valence electrons. The van der Waals surface area contributed by atoms with Crippen LogP contribution in [0.15, 0.2) is 48.5 Å². The minimum Gasteiger partial charge on any atom is -0.332 e. The van der Waals surface area contributed by atoms with Gasteiger partial charge in [-0.25, -0.2) is 0 Å².